The average molecular weight is 1070 g/mol. The van der Waals surface area contributed by atoms with E-state index in [1.165, 1.54) is 121 Å². The molecule has 0 saturated carbocycles. The summed E-state index contributed by atoms with van der Waals surface area (Å²) in [4.78, 5) is 33.3. The number of unbranched alkanes of at least 4 members (excludes halogenated alkanes) is 17. The van der Waals surface area contributed by atoms with Gasteiger partial charge in [0.25, 0.3) is 0 Å². The third-order valence-electron chi connectivity index (χ3n) is 12.8. The zero-order valence-electron chi connectivity index (χ0n) is 41.1. The Hall–Kier alpha value is -5.55. The Balaban J connectivity index is 0.000000281. The van der Waals surface area contributed by atoms with Crippen LogP contribution in [-0.4, -0.2) is 39.5 Å². The van der Waals surface area contributed by atoms with Crippen molar-refractivity contribution in [1.82, 2.24) is 39.5 Å². The maximum Gasteiger partial charge on any atom is 0 e. The van der Waals surface area contributed by atoms with Crippen molar-refractivity contribution >= 4 is 46.4 Å². The first-order chi connectivity index (χ1) is 34.2. The van der Waals surface area contributed by atoms with Gasteiger partial charge in [0.2, 0.25) is 0 Å². The Morgan fingerprint density at radius 1 is 0.443 bits per heavy atom. The van der Waals surface area contributed by atoms with Crippen molar-refractivity contribution in [3.8, 4) is 39.6 Å². The average Bonchev–Trinajstić information content (AvgIpc) is 4.22. The van der Waals surface area contributed by atoms with E-state index in [2.05, 4.69) is 46.9 Å². The first-order valence-corrected chi connectivity index (χ1v) is 26.8. The van der Waals surface area contributed by atoms with Crippen molar-refractivity contribution in [3.05, 3.63) is 151 Å². The molecule has 8 nitrogen and oxygen atoms in total. The molecule has 357 valence electrons. The molecule has 0 radical (unpaired) electrons. The summed E-state index contributed by atoms with van der Waals surface area (Å²) in [5, 5.41) is 1.30. The van der Waals surface area contributed by atoms with Crippen molar-refractivity contribution in [2.75, 3.05) is 0 Å². The second-order valence-electron chi connectivity index (χ2n) is 18.1. The first kappa shape index (κ1) is 52.3. The third-order valence-corrected chi connectivity index (χ3v) is 13.4. The number of fused-ring (bicyclic) bond motifs is 8. The van der Waals surface area contributed by atoms with Crippen LogP contribution in [0.15, 0.2) is 128 Å². The maximum atomic E-state index is 5.19. The summed E-state index contributed by atoms with van der Waals surface area (Å²) >= 11 is 2.75. The summed E-state index contributed by atoms with van der Waals surface area (Å²) < 4.78 is 2.18. The molecule has 8 bridgehead atoms. The van der Waals surface area contributed by atoms with Crippen molar-refractivity contribution < 1.29 is 37.8 Å². The van der Waals surface area contributed by atoms with Crippen molar-refractivity contribution in [2.24, 2.45) is 0 Å². The quantitative estimate of drug-likeness (QED) is 0.0536. The molecule has 0 saturated heterocycles. The first-order valence-electron chi connectivity index (χ1n) is 25.6. The Labute approximate surface area is 438 Å². The number of nitrogens with one attached hydrogen (secondary N) is 1. The van der Waals surface area contributed by atoms with Gasteiger partial charge in [-0.25, -0.2) is 15.0 Å². The number of pyridine rings is 4. The molecule has 10 heteroatoms. The van der Waals surface area contributed by atoms with Crippen LogP contribution in [0.4, 0.5) is 0 Å². The number of hydrogen-bond acceptors (Lipinski definition) is 6. The molecule has 70 heavy (non-hydrogen) atoms. The Morgan fingerprint density at radius 2 is 0.886 bits per heavy atom. The van der Waals surface area contributed by atoms with Gasteiger partial charge in [-0.2, -0.15) is 0 Å². The minimum absolute atomic E-state index is 0. The molecule has 9 heterocycles. The summed E-state index contributed by atoms with van der Waals surface area (Å²) in [7, 11) is 0. The van der Waals surface area contributed by atoms with Gasteiger partial charge in [-0.05, 0) is 103 Å². The smallest absolute Gasteiger partial charge is 0 e. The molecule has 7 aromatic rings. The summed E-state index contributed by atoms with van der Waals surface area (Å²) in [5.74, 6) is 0.724. The van der Waals surface area contributed by atoms with Crippen molar-refractivity contribution in [2.45, 2.75) is 128 Å². The molecule has 0 unspecified atom stereocenters. The number of H-pyrrole nitrogens is 1. The number of aromatic amines is 1. The minimum atomic E-state index is 0. The predicted octanol–water partition coefficient (Wildman–Crippen LogP) is 16.7. The molecule has 9 rings (SSSR count). The predicted molar refractivity (Wildman–Crippen MR) is 285 cm³/mol. The van der Waals surface area contributed by atoms with Crippen LogP contribution in [-0.2, 0) is 37.8 Å². The fourth-order valence-electron chi connectivity index (χ4n) is 9.30. The van der Waals surface area contributed by atoms with Crippen molar-refractivity contribution in [1.29, 1.82) is 0 Å². The molecule has 2 aliphatic heterocycles. The zero-order chi connectivity index (χ0) is 47.3. The molecule has 0 amide bonds. The normalized spacial score (nSPS) is 11.6. The van der Waals surface area contributed by atoms with Gasteiger partial charge in [-0.3, -0.25) is 19.5 Å². The number of nitrogens with zero attached hydrogens (tertiary/aromatic N) is 7. The van der Waals surface area contributed by atoms with Crippen LogP contribution in [0.5, 0.6) is 0 Å². The van der Waals surface area contributed by atoms with E-state index in [9.17, 15) is 0 Å². The van der Waals surface area contributed by atoms with E-state index in [0.717, 1.165) is 84.4 Å². The maximum absolute atomic E-state index is 5.19. The fourth-order valence-corrected chi connectivity index (χ4v) is 9.74. The topological polar surface area (TPSA) is 98.1 Å². The second kappa shape index (κ2) is 28.3. The Kier molecular flexibility index (Phi) is 21.2. The molecule has 0 atom stereocenters. The summed E-state index contributed by atoms with van der Waals surface area (Å²) in [6.45, 7) is 2.30. The van der Waals surface area contributed by atoms with Crippen LogP contribution in [0.3, 0.4) is 0 Å². The van der Waals surface area contributed by atoms with Gasteiger partial charge in [0.05, 0.1) is 56.5 Å². The van der Waals surface area contributed by atoms with Gasteiger partial charge in [0, 0.05) is 66.4 Å². The van der Waals surface area contributed by atoms with E-state index in [1.54, 1.807) is 0 Å². The summed E-state index contributed by atoms with van der Waals surface area (Å²) in [6.07, 6.45) is 41.8. The van der Waals surface area contributed by atoms with Gasteiger partial charge in [0.15, 0.2) is 0 Å². The van der Waals surface area contributed by atoms with Gasteiger partial charge in [0.1, 0.15) is 5.82 Å². The van der Waals surface area contributed by atoms with Crippen LogP contribution in [0.2, 0.25) is 5.02 Å². The molecule has 1 N–H and O–H groups in total. The van der Waals surface area contributed by atoms with Crippen LogP contribution in [0.1, 0.15) is 145 Å². The summed E-state index contributed by atoms with van der Waals surface area (Å²) in [5.41, 5.74) is 11.8. The van der Waals surface area contributed by atoms with Gasteiger partial charge in [-0.15, -0.1) is 0 Å². The monoisotopic (exact) mass is 1070 g/mol. The Morgan fingerprint density at radius 3 is 1.37 bits per heavy atom. The second-order valence-corrected chi connectivity index (χ2v) is 18.9. The van der Waals surface area contributed by atoms with E-state index >= 15 is 0 Å². The molecule has 2 aliphatic rings. The SMILES string of the molecule is C1=Cc2cc3c(-c4ccccn4)c(-c4ccccn4)c(c(-c4ccccn4)c4nc(cc5ccc(cc1n2)[nH]5)C=C4)n3-c1ccccn1.CCCCCCCCCCCCCCCCCCC[CH2][Ru].[Zn]. The molecule has 0 aliphatic carbocycles. The van der Waals surface area contributed by atoms with Gasteiger partial charge < -0.3 is 4.98 Å². The van der Waals surface area contributed by atoms with Crippen LogP contribution in [0.25, 0.3) is 86.0 Å². The van der Waals surface area contributed by atoms with E-state index in [4.69, 9.17) is 29.9 Å². The minimum Gasteiger partial charge on any atom is 0 e. The van der Waals surface area contributed by atoms with E-state index < -0.39 is 0 Å². The molecule has 7 aromatic heterocycles. The summed E-state index contributed by atoms with van der Waals surface area (Å²) in [6, 6.07) is 34.1. The largest absolute Gasteiger partial charge is 0 e. The van der Waals surface area contributed by atoms with Gasteiger partial charge >= 0.3 is 93.9 Å². The number of aromatic nitrogens is 8. The molecule has 0 aromatic carbocycles. The van der Waals surface area contributed by atoms with Crippen LogP contribution >= 0.6 is 0 Å². The fraction of sp³-hybridized carbons (Fsp3) is 0.333. The van der Waals surface area contributed by atoms with E-state index in [1.807, 2.05) is 140 Å². The zero-order valence-corrected chi connectivity index (χ0v) is 45.8. The van der Waals surface area contributed by atoms with E-state index in [-0.39, 0.29) is 19.5 Å². The number of hydrogen-bond donors (Lipinski definition) is 1. The Bertz CT molecular complexity index is 2880. The van der Waals surface area contributed by atoms with Gasteiger partial charge in [-0.1, -0.05) is 76.1 Å². The molecule has 0 spiro atoms. The number of rotatable bonds is 22. The molecular weight excluding hydrogens is 999 g/mol. The van der Waals surface area contributed by atoms with Crippen molar-refractivity contribution in [3.63, 3.8) is 0 Å². The third kappa shape index (κ3) is 14.5. The molecular formula is C60H67N8RuZn. The van der Waals surface area contributed by atoms with Crippen LogP contribution in [0, 0.1) is 0 Å². The van der Waals surface area contributed by atoms with E-state index in [0.29, 0.717) is 0 Å². The van der Waals surface area contributed by atoms with Crippen LogP contribution < -0.4 is 0 Å². The molecule has 0 fully saturated rings. The standard InChI is InChI=1S/C40H26N8.C20H41.Ru.Zn/c1-5-19-41-31(9-1)37-34-18-17-29(47-34)24-28-14-13-26(45-28)23-27-15-16-30(46-27)25-35-38(32-10-2-6-20-42-32)39(33-11-3-7-21-43-33)40(37)48(35)36-12-4-8-22-44-36;1-3-5-7-9-11-13-15-17-19-20-18-16-14-12-10-8-6-4-2;;/h1-25,45H;1,3-20H2,2H3;;.